The summed E-state index contributed by atoms with van der Waals surface area (Å²) in [4.78, 5) is 2.59. The summed E-state index contributed by atoms with van der Waals surface area (Å²) in [5.74, 6) is 1.54. The van der Waals surface area contributed by atoms with Crippen LogP contribution in [0.4, 0.5) is 0 Å². The van der Waals surface area contributed by atoms with Gasteiger partial charge in [-0.25, -0.2) is 0 Å². The first-order valence-corrected chi connectivity index (χ1v) is 6.57. The molecule has 0 saturated carbocycles. The molecule has 1 fully saturated rings. The molecule has 2 heteroatoms. The number of nitrogens with zero attached hydrogens (tertiary/aromatic N) is 1. The lowest BCUT2D eigenvalue weighted by Gasteiger charge is -2.35. The lowest BCUT2D eigenvalue weighted by Crippen LogP contribution is -2.46. The van der Waals surface area contributed by atoms with Gasteiger partial charge in [0, 0.05) is 12.6 Å². The number of nitrogens with two attached hydrogens (primary N) is 1. The Kier molecular flexibility index (Phi) is 5.62. The Hall–Kier alpha value is -0.0800. The van der Waals surface area contributed by atoms with E-state index in [0.717, 1.165) is 5.92 Å². The fourth-order valence-corrected chi connectivity index (χ4v) is 2.34. The number of hydrogen-bond donors (Lipinski definition) is 1. The fourth-order valence-electron chi connectivity index (χ4n) is 2.34. The minimum Gasteiger partial charge on any atom is -0.327 e. The Morgan fingerprint density at radius 2 is 2.07 bits per heavy atom. The van der Waals surface area contributed by atoms with E-state index in [1.165, 1.54) is 45.3 Å². The molecule has 2 atom stereocenters. The molecule has 0 aromatic carbocycles. The van der Waals surface area contributed by atoms with Gasteiger partial charge in [0.1, 0.15) is 0 Å². The van der Waals surface area contributed by atoms with Crippen LogP contribution >= 0.6 is 0 Å². The van der Waals surface area contributed by atoms with Gasteiger partial charge in [0.2, 0.25) is 0 Å². The standard InChI is InChI=1S/C13H28N2/c1-11(2)6-4-5-8-15-9-7-13(14)12(3)10-15/h11-13H,4-10,14H2,1-3H3. The Bertz CT molecular complexity index is 168. The Balaban J connectivity index is 2.07. The summed E-state index contributed by atoms with van der Waals surface area (Å²) >= 11 is 0. The maximum Gasteiger partial charge on any atom is 0.00889 e. The molecule has 0 aliphatic carbocycles. The fraction of sp³-hybridized carbons (Fsp3) is 1.00. The lowest BCUT2D eigenvalue weighted by molar-refractivity contribution is 0.161. The van der Waals surface area contributed by atoms with Crippen molar-refractivity contribution in [1.82, 2.24) is 4.90 Å². The van der Waals surface area contributed by atoms with Gasteiger partial charge >= 0.3 is 0 Å². The summed E-state index contributed by atoms with van der Waals surface area (Å²) in [6.45, 7) is 10.6. The smallest absolute Gasteiger partial charge is 0.00889 e. The molecule has 1 heterocycles. The van der Waals surface area contributed by atoms with E-state index in [1.54, 1.807) is 0 Å². The van der Waals surface area contributed by atoms with E-state index < -0.39 is 0 Å². The topological polar surface area (TPSA) is 29.3 Å². The molecule has 0 spiro atoms. The molecule has 0 amide bonds. The molecular weight excluding hydrogens is 184 g/mol. The van der Waals surface area contributed by atoms with Crippen molar-refractivity contribution < 1.29 is 0 Å². The predicted octanol–water partition coefficient (Wildman–Crippen LogP) is 2.48. The average molecular weight is 212 g/mol. The normalized spacial score (nSPS) is 28.6. The highest BCUT2D eigenvalue weighted by atomic mass is 15.1. The van der Waals surface area contributed by atoms with Gasteiger partial charge in [0.05, 0.1) is 0 Å². The molecule has 0 aromatic heterocycles. The van der Waals surface area contributed by atoms with Crippen molar-refractivity contribution in [2.45, 2.75) is 52.5 Å². The zero-order valence-electron chi connectivity index (χ0n) is 10.7. The molecule has 15 heavy (non-hydrogen) atoms. The summed E-state index contributed by atoms with van der Waals surface area (Å²) in [5, 5.41) is 0. The number of piperidine rings is 1. The van der Waals surface area contributed by atoms with Crippen molar-refractivity contribution in [2.75, 3.05) is 19.6 Å². The number of hydrogen-bond acceptors (Lipinski definition) is 2. The Morgan fingerprint density at radius 1 is 1.33 bits per heavy atom. The van der Waals surface area contributed by atoms with E-state index in [-0.39, 0.29) is 0 Å². The van der Waals surface area contributed by atoms with Gasteiger partial charge in [0.15, 0.2) is 0 Å². The molecule has 90 valence electrons. The van der Waals surface area contributed by atoms with Crippen LogP contribution in [0.2, 0.25) is 0 Å². The van der Waals surface area contributed by atoms with Gasteiger partial charge in [-0.1, -0.05) is 33.6 Å². The highest BCUT2D eigenvalue weighted by Crippen LogP contribution is 2.16. The SMILES string of the molecule is CC(C)CCCCN1CCC(N)C(C)C1. The molecule has 2 unspecified atom stereocenters. The minimum atomic E-state index is 0.442. The highest BCUT2D eigenvalue weighted by molar-refractivity contribution is 4.79. The molecule has 0 aromatic rings. The van der Waals surface area contributed by atoms with Gasteiger partial charge in [-0.05, 0) is 37.8 Å². The third-order valence-corrected chi connectivity index (χ3v) is 3.56. The summed E-state index contributed by atoms with van der Waals surface area (Å²) in [6, 6.07) is 0.442. The second-order valence-corrected chi connectivity index (χ2v) is 5.62. The van der Waals surface area contributed by atoms with Gasteiger partial charge in [-0.2, -0.15) is 0 Å². The average Bonchev–Trinajstić information content (AvgIpc) is 2.18. The van der Waals surface area contributed by atoms with Crippen LogP contribution in [0, 0.1) is 11.8 Å². The summed E-state index contributed by atoms with van der Waals surface area (Å²) in [7, 11) is 0. The van der Waals surface area contributed by atoms with Crippen molar-refractivity contribution in [3.8, 4) is 0 Å². The van der Waals surface area contributed by atoms with Gasteiger partial charge in [-0.15, -0.1) is 0 Å². The van der Waals surface area contributed by atoms with E-state index in [0.29, 0.717) is 12.0 Å². The molecule has 1 rings (SSSR count). The molecule has 2 nitrogen and oxygen atoms in total. The molecule has 0 radical (unpaired) electrons. The molecule has 2 N–H and O–H groups in total. The van der Waals surface area contributed by atoms with Gasteiger partial charge in [-0.3, -0.25) is 0 Å². The quantitative estimate of drug-likeness (QED) is 0.709. The van der Waals surface area contributed by atoms with Crippen molar-refractivity contribution >= 4 is 0 Å². The lowest BCUT2D eigenvalue weighted by atomic mass is 9.94. The maximum atomic E-state index is 6.01. The van der Waals surface area contributed by atoms with Crippen molar-refractivity contribution in [3.05, 3.63) is 0 Å². The van der Waals surface area contributed by atoms with Gasteiger partial charge < -0.3 is 10.6 Å². The first-order chi connectivity index (χ1) is 7.09. The van der Waals surface area contributed by atoms with Crippen LogP contribution in [0.5, 0.6) is 0 Å². The zero-order chi connectivity index (χ0) is 11.3. The second kappa shape index (κ2) is 6.49. The van der Waals surface area contributed by atoms with Crippen molar-refractivity contribution in [3.63, 3.8) is 0 Å². The zero-order valence-corrected chi connectivity index (χ0v) is 10.7. The second-order valence-electron chi connectivity index (χ2n) is 5.62. The third kappa shape index (κ3) is 4.98. The van der Waals surface area contributed by atoms with Crippen molar-refractivity contribution in [1.29, 1.82) is 0 Å². The molecular formula is C13H28N2. The van der Waals surface area contributed by atoms with Crippen LogP contribution in [0.25, 0.3) is 0 Å². The van der Waals surface area contributed by atoms with Crippen molar-refractivity contribution in [2.24, 2.45) is 17.6 Å². The monoisotopic (exact) mass is 212 g/mol. The Labute approximate surface area is 95.2 Å². The molecule has 1 aliphatic rings. The van der Waals surface area contributed by atoms with Crippen LogP contribution in [-0.2, 0) is 0 Å². The first-order valence-electron chi connectivity index (χ1n) is 6.57. The molecule has 0 bridgehead atoms. The largest absolute Gasteiger partial charge is 0.327 e. The van der Waals surface area contributed by atoms with E-state index in [1.807, 2.05) is 0 Å². The van der Waals surface area contributed by atoms with Crippen LogP contribution < -0.4 is 5.73 Å². The highest BCUT2D eigenvalue weighted by Gasteiger charge is 2.22. The number of rotatable bonds is 5. The molecule has 1 aliphatic heterocycles. The van der Waals surface area contributed by atoms with E-state index in [4.69, 9.17) is 5.73 Å². The summed E-state index contributed by atoms with van der Waals surface area (Å²) in [6.07, 6.45) is 5.31. The van der Waals surface area contributed by atoms with Crippen LogP contribution in [-0.4, -0.2) is 30.6 Å². The maximum absolute atomic E-state index is 6.01. The predicted molar refractivity (Wildman–Crippen MR) is 66.9 cm³/mol. The Morgan fingerprint density at radius 3 is 2.67 bits per heavy atom. The van der Waals surface area contributed by atoms with E-state index in [9.17, 15) is 0 Å². The number of unbranched alkanes of at least 4 members (excludes halogenated alkanes) is 1. The summed E-state index contributed by atoms with van der Waals surface area (Å²) < 4.78 is 0. The minimum absolute atomic E-state index is 0.442. The van der Waals surface area contributed by atoms with E-state index >= 15 is 0 Å². The summed E-state index contributed by atoms with van der Waals surface area (Å²) in [5.41, 5.74) is 6.01. The first kappa shape index (κ1) is 13.0. The van der Waals surface area contributed by atoms with Crippen LogP contribution in [0.1, 0.15) is 46.5 Å². The molecule has 1 saturated heterocycles. The van der Waals surface area contributed by atoms with Gasteiger partial charge in [0.25, 0.3) is 0 Å². The van der Waals surface area contributed by atoms with Crippen LogP contribution in [0.15, 0.2) is 0 Å². The number of likely N-dealkylation sites (tertiary alicyclic amines) is 1. The van der Waals surface area contributed by atoms with Crippen LogP contribution in [0.3, 0.4) is 0 Å². The third-order valence-electron chi connectivity index (χ3n) is 3.56. The van der Waals surface area contributed by atoms with E-state index in [2.05, 4.69) is 25.7 Å².